The molecular formula is C12H14O2. The van der Waals surface area contributed by atoms with Crippen LogP contribution in [0.15, 0.2) is 36.9 Å². The predicted octanol–water partition coefficient (Wildman–Crippen LogP) is 2.13. The molecule has 0 amide bonds. The van der Waals surface area contributed by atoms with Crippen LogP contribution in [0.2, 0.25) is 0 Å². The van der Waals surface area contributed by atoms with E-state index in [1.807, 2.05) is 30.3 Å². The van der Waals surface area contributed by atoms with Gasteiger partial charge in [-0.25, -0.2) is 0 Å². The molecule has 0 heterocycles. The molecule has 0 atom stereocenters. The van der Waals surface area contributed by atoms with Gasteiger partial charge < -0.3 is 4.74 Å². The SMILES string of the molecule is C=CCc1ccccc1CC(=O)OC. The van der Waals surface area contributed by atoms with Crippen molar-refractivity contribution >= 4 is 5.97 Å². The minimum Gasteiger partial charge on any atom is -0.469 e. The number of carbonyl (C=O) groups excluding carboxylic acids is 1. The average Bonchev–Trinajstić information content (AvgIpc) is 2.21. The van der Waals surface area contributed by atoms with Crippen molar-refractivity contribution < 1.29 is 9.53 Å². The molecule has 0 N–H and O–H groups in total. The van der Waals surface area contributed by atoms with Crippen LogP contribution in [-0.2, 0) is 22.4 Å². The van der Waals surface area contributed by atoms with Gasteiger partial charge >= 0.3 is 5.97 Å². The van der Waals surface area contributed by atoms with Crippen LogP contribution < -0.4 is 0 Å². The van der Waals surface area contributed by atoms with Gasteiger partial charge in [-0.15, -0.1) is 6.58 Å². The number of hydrogen-bond donors (Lipinski definition) is 0. The van der Waals surface area contributed by atoms with E-state index in [0.29, 0.717) is 6.42 Å². The van der Waals surface area contributed by atoms with Crippen molar-refractivity contribution in [1.82, 2.24) is 0 Å². The van der Waals surface area contributed by atoms with Crippen molar-refractivity contribution in [3.63, 3.8) is 0 Å². The first-order chi connectivity index (χ1) is 6.77. The maximum absolute atomic E-state index is 11.1. The number of rotatable bonds is 4. The Balaban J connectivity index is 2.83. The van der Waals surface area contributed by atoms with E-state index < -0.39 is 0 Å². The second-order valence-corrected chi connectivity index (χ2v) is 3.01. The molecule has 0 aliphatic rings. The fraction of sp³-hybridized carbons (Fsp3) is 0.250. The lowest BCUT2D eigenvalue weighted by Gasteiger charge is -2.05. The van der Waals surface area contributed by atoms with Crippen molar-refractivity contribution in [2.75, 3.05) is 7.11 Å². The first-order valence-electron chi connectivity index (χ1n) is 4.52. The van der Waals surface area contributed by atoms with Gasteiger partial charge in [0.25, 0.3) is 0 Å². The second-order valence-electron chi connectivity index (χ2n) is 3.01. The molecule has 0 aliphatic carbocycles. The van der Waals surface area contributed by atoms with Crippen molar-refractivity contribution in [2.24, 2.45) is 0 Å². The number of esters is 1. The zero-order chi connectivity index (χ0) is 10.4. The Bertz CT molecular complexity index is 329. The number of benzene rings is 1. The lowest BCUT2D eigenvalue weighted by Crippen LogP contribution is -2.06. The molecule has 0 radical (unpaired) electrons. The summed E-state index contributed by atoms with van der Waals surface area (Å²) in [4.78, 5) is 11.1. The normalized spacial score (nSPS) is 9.50. The van der Waals surface area contributed by atoms with E-state index in [4.69, 9.17) is 0 Å². The Morgan fingerprint density at radius 3 is 2.64 bits per heavy atom. The molecule has 0 spiro atoms. The van der Waals surface area contributed by atoms with Gasteiger partial charge in [-0.05, 0) is 17.5 Å². The highest BCUT2D eigenvalue weighted by Gasteiger charge is 2.05. The minimum atomic E-state index is -0.207. The monoisotopic (exact) mass is 190 g/mol. The van der Waals surface area contributed by atoms with Crippen LogP contribution in [-0.4, -0.2) is 13.1 Å². The average molecular weight is 190 g/mol. The van der Waals surface area contributed by atoms with E-state index in [2.05, 4.69) is 11.3 Å². The number of ether oxygens (including phenoxy) is 1. The van der Waals surface area contributed by atoms with Gasteiger partial charge in [0.05, 0.1) is 13.5 Å². The van der Waals surface area contributed by atoms with E-state index >= 15 is 0 Å². The second kappa shape index (κ2) is 5.22. The molecule has 1 rings (SSSR count). The predicted molar refractivity (Wildman–Crippen MR) is 56.1 cm³/mol. The third kappa shape index (κ3) is 2.73. The van der Waals surface area contributed by atoms with Gasteiger partial charge in [-0.3, -0.25) is 4.79 Å². The topological polar surface area (TPSA) is 26.3 Å². The first-order valence-corrected chi connectivity index (χ1v) is 4.52. The van der Waals surface area contributed by atoms with Crippen LogP contribution in [0.5, 0.6) is 0 Å². The van der Waals surface area contributed by atoms with Crippen LogP contribution >= 0.6 is 0 Å². The Hall–Kier alpha value is -1.57. The lowest BCUT2D eigenvalue weighted by atomic mass is 10.0. The molecule has 74 valence electrons. The van der Waals surface area contributed by atoms with Crippen LogP contribution in [0, 0.1) is 0 Å². The third-order valence-corrected chi connectivity index (χ3v) is 2.05. The molecule has 1 aromatic carbocycles. The van der Waals surface area contributed by atoms with Gasteiger partial charge in [0.1, 0.15) is 0 Å². The maximum Gasteiger partial charge on any atom is 0.309 e. The Morgan fingerprint density at radius 1 is 1.43 bits per heavy atom. The summed E-state index contributed by atoms with van der Waals surface area (Å²) in [5, 5.41) is 0. The highest BCUT2D eigenvalue weighted by molar-refractivity contribution is 5.72. The minimum absolute atomic E-state index is 0.207. The summed E-state index contributed by atoms with van der Waals surface area (Å²) in [6, 6.07) is 7.82. The molecule has 14 heavy (non-hydrogen) atoms. The first kappa shape index (κ1) is 10.5. The molecule has 2 nitrogen and oxygen atoms in total. The molecule has 0 saturated carbocycles. The maximum atomic E-state index is 11.1. The van der Waals surface area contributed by atoms with Crippen LogP contribution in [0.25, 0.3) is 0 Å². The highest BCUT2D eigenvalue weighted by Crippen LogP contribution is 2.11. The van der Waals surface area contributed by atoms with Crippen molar-refractivity contribution in [1.29, 1.82) is 0 Å². The van der Waals surface area contributed by atoms with Crippen molar-refractivity contribution in [2.45, 2.75) is 12.8 Å². The number of allylic oxidation sites excluding steroid dienone is 1. The molecule has 2 heteroatoms. The van der Waals surface area contributed by atoms with E-state index in [0.717, 1.165) is 17.5 Å². The summed E-state index contributed by atoms with van der Waals surface area (Å²) < 4.78 is 4.62. The molecule has 0 bridgehead atoms. The zero-order valence-corrected chi connectivity index (χ0v) is 8.32. The summed E-state index contributed by atoms with van der Waals surface area (Å²) in [6.07, 6.45) is 2.95. The smallest absolute Gasteiger partial charge is 0.309 e. The van der Waals surface area contributed by atoms with Gasteiger partial charge in [-0.2, -0.15) is 0 Å². The van der Waals surface area contributed by atoms with Gasteiger partial charge in [0.2, 0.25) is 0 Å². The van der Waals surface area contributed by atoms with E-state index in [9.17, 15) is 4.79 Å². The largest absolute Gasteiger partial charge is 0.469 e. The molecular weight excluding hydrogens is 176 g/mol. The number of carbonyl (C=O) groups is 1. The van der Waals surface area contributed by atoms with Crippen LogP contribution in [0.4, 0.5) is 0 Å². The molecule has 0 unspecified atom stereocenters. The van der Waals surface area contributed by atoms with Crippen LogP contribution in [0.3, 0.4) is 0 Å². The van der Waals surface area contributed by atoms with E-state index in [1.54, 1.807) is 0 Å². The lowest BCUT2D eigenvalue weighted by molar-refractivity contribution is -0.139. The quantitative estimate of drug-likeness (QED) is 0.537. The van der Waals surface area contributed by atoms with Gasteiger partial charge in [0, 0.05) is 0 Å². The van der Waals surface area contributed by atoms with Gasteiger partial charge in [-0.1, -0.05) is 30.3 Å². The van der Waals surface area contributed by atoms with Gasteiger partial charge in [0.15, 0.2) is 0 Å². The number of methoxy groups -OCH3 is 1. The Kier molecular flexibility index (Phi) is 3.92. The highest BCUT2D eigenvalue weighted by atomic mass is 16.5. The summed E-state index contributed by atoms with van der Waals surface area (Å²) in [7, 11) is 1.40. The standard InChI is InChI=1S/C12H14O2/c1-3-6-10-7-4-5-8-11(10)9-12(13)14-2/h3-5,7-8H,1,6,9H2,2H3. The van der Waals surface area contributed by atoms with E-state index in [-0.39, 0.29) is 5.97 Å². The molecule has 0 aliphatic heterocycles. The summed E-state index contributed by atoms with van der Waals surface area (Å²) in [5.74, 6) is -0.207. The number of hydrogen-bond acceptors (Lipinski definition) is 2. The summed E-state index contributed by atoms with van der Waals surface area (Å²) >= 11 is 0. The van der Waals surface area contributed by atoms with E-state index in [1.165, 1.54) is 7.11 Å². The van der Waals surface area contributed by atoms with Crippen molar-refractivity contribution in [3.05, 3.63) is 48.0 Å². The molecule has 1 aromatic rings. The Morgan fingerprint density at radius 2 is 2.07 bits per heavy atom. The van der Waals surface area contributed by atoms with Crippen molar-refractivity contribution in [3.8, 4) is 0 Å². The molecule has 0 fully saturated rings. The molecule has 0 aromatic heterocycles. The molecule has 0 saturated heterocycles. The van der Waals surface area contributed by atoms with Crippen LogP contribution in [0.1, 0.15) is 11.1 Å². The fourth-order valence-corrected chi connectivity index (χ4v) is 1.31. The summed E-state index contributed by atoms with van der Waals surface area (Å²) in [5.41, 5.74) is 2.15. The Labute approximate surface area is 84.2 Å². The zero-order valence-electron chi connectivity index (χ0n) is 8.32. The third-order valence-electron chi connectivity index (χ3n) is 2.05. The summed E-state index contributed by atoms with van der Waals surface area (Å²) in [6.45, 7) is 3.68. The fourth-order valence-electron chi connectivity index (χ4n) is 1.31.